The minimum Gasteiger partial charge on any atom is -0.480 e. The van der Waals surface area contributed by atoms with Crippen LogP contribution in [0.1, 0.15) is 30.4 Å². The highest BCUT2D eigenvalue weighted by Gasteiger charge is 2.33. The number of rotatable bonds is 8. The molecule has 2 aromatic rings. The third kappa shape index (κ3) is 4.68. The molecule has 1 atom stereocenters. The van der Waals surface area contributed by atoms with Crippen molar-refractivity contribution in [3.8, 4) is 0 Å². The van der Waals surface area contributed by atoms with E-state index in [0.29, 0.717) is 6.42 Å². The maximum Gasteiger partial charge on any atom is 0.322 e. The first-order valence-electron chi connectivity index (χ1n) is 7.98. The Morgan fingerprint density at radius 3 is 2.21 bits per heavy atom. The summed E-state index contributed by atoms with van der Waals surface area (Å²) in [5.74, 6) is -1.28. The van der Waals surface area contributed by atoms with Crippen molar-refractivity contribution < 1.29 is 18.3 Å². The number of unbranched alkanes of at least 4 members (excludes halogenated alkanes) is 1. The molecule has 128 valence electrons. The van der Waals surface area contributed by atoms with Crippen molar-refractivity contribution in [2.45, 2.75) is 42.8 Å². The van der Waals surface area contributed by atoms with Gasteiger partial charge < -0.3 is 5.11 Å². The third-order valence-corrected chi connectivity index (χ3v) is 6.14. The van der Waals surface area contributed by atoms with Gasteiger partial charge in [0, 0.05) is 0 Å². The monoisotopic (exact) mass is 346 g/mol. The second kappa shape index (κ2) is 8.11. The second-order valence-electron chi connectivity index (χ2n) is 5.92. The highest BCUT2D eigenvalue weighted by atomic mass is 32.2. The summed E-state index contributed by atoms with van der Waals surface area (Å²) in [5, 5.41) is 7.97. The van der Waals surface area contributed by atoms with E-state index in [-0.39, 0.29) is 11.3 Å². The summed E-state index contributed by atoms with van der Waals surface area (Å²) in [6.07, 6.45) is 2.25. The summed E-state index contributed by atoms with van der Waals surface area (Å²) in [7, 11) is -3.86. The summed E-state index contributed by atoms with van der Waals surface area (Å²) in [6, 6.07) is 16.2. The molecule has 4 nitrogen and oxygen atoms in total. The SMILES string of the molecule is Cc1ccc(S(=O)(=O)C(CCCCc2ccccc2)C(=O)O)cc1. The summed E-state index contributed by atoms with van der Waals surface area (Å²) in [6.45, 7) is 1.86. The quantitative estimate of drug-likeness (QED) is 0.741. The molecule has 0 aromatic heterocycles. The van der Waals surface area contributed by atoms with Crippen molar-refractivity contribution in [1.29, 1.82) is 0 Å². The maximum atomic E-state index is 12.6. The molecule has 0 aliphatic carbocycles. The third-order valence-electron chi connectivity index (χ3n) is 4.02. The molecular weight excluding hydrogens is 324 g/mol. The zero-order chi connectivity index (χ0) is 17.6. The molecule has 0 fully saturated rings. The van der Waals surface area contributed by atoms with E-state index in [1.54, 1.807) is 12.1 Å². The average molecular weight is 346 g/mol. The van der Waals surface area contributed by atoms with Gasteiger partial charge in [-0.05, 0) is 43.9 Å². The van der Waals surface area contributed by atoms with Crippen LogP contribution in [0.2, 0.25) is 0 Å². The molecule has 0 amide bonds. The zero-order valence-corrected chi connectivity index (χ0v) is 14.5. The molecule has 0 aliphatic rings. The van der Waals surface area contributed by atoms with Crippen LogP contribution >= 0.6 is 0 Å². The number of aryl methyl sites for hydroxylation is 2. The summed E-state index contributed by atoms with van der Waals surface area (Å²) in [4.78, 5) is 11.5. The van der Waals surface area contributed by atoms with E-state index in [1.165, 1.54) is 17.7 Å². The van der Waals surface area contributed by atoms with E-state index in [9.17, 15) is 18.3 Å². The second-order valence-corrected chi connectivity index (χ2v) is 8.05. The lowest BCUT2D eigenvalue weighted by Gasteiger charge is -2.14. The van der Waals surface area contributed by atoms with E-state index in [4.69, 9.17) is 0 Å². The van der Waals surface area contributed by atoms with E-state index < -0.39 is 21.1 Å². The van der Waals surface area contributed by atoms with Crippen LogP contribution in [0.4, 0.5) is 0 Å². The van der Waals surface area contributed by atoms with Crippen molar-refractivity contribution >= 4 is 15.8 Å². The summed E-state index contributed by atoms with van der Waals surface area (Å²) < 4.78 is 25.1. The van der Waals surface area contributed by atoms with Crippen molar-refractivity contribution in [3.63, 3.8) is 0 Å². The minimum atomic E-state index is -3.86. The highest BCUT2D eigenvalue weighted by molar-refractivity contribution is 7.92. The van der Waals surface area contributed by atoms with Gasteiger partial charge in [-0.25, -0.2) is 8.42 Å². The molecule has 0 heterocycles. The zero-order valence-electron chi connectivity index (χ0n) is 13.7. The first-order valence-corrected chi connectivity index (χ1v) is 9.53. The van der Waals surface area contributed by atoms with E-state index in [2.05, 4.69) is 0 Å². The number of carboxylic acid groups (broad SMARTS) is 1. The van der Waals surface area contributed by atoms with Gasteiger partial charge in [-0.15, -0.1) is 0 Å². The van der Waals surface area contributed by atoms with Crippen LogP contribution in [0.15, 0.2) is 59.5 Å². The van der Waals surface area contributed by atoms with Gasteiger partial charge in [-0.1, -0.05) is 54.4 Å². The molecule has 0 aliphatic heterocycles. The van der Waals surface area contributed by atoms with Crippen LogP contribution in [0.25, 0.3) is 0 Å². The van der Waals surface area contributed by atoms with Crippen LogP contribution in [-0.4, -0.2) is 24.7 Å². The van der Waals surface area contributed by atoms with Crippen molar-refractivity contribution in [2.24, 2.45) is 0 Å². The van der Waals surface area contributed by atoms with Crippen LogP contribution in [0.5, 0.6) is 0 Å². The molecule has 0 bridgehead atoms. The Hall–Kier alpha value is -2.14. The average Bonchev–Trinajstić information content (AvgIpc) is 2.55. The van der Waals surface area contributed by atoms with Crippen molar-refractivity contribution in [1.82, 2.24) is 0 Å². The Balaban J connectivity index is 2.01. The largest absolute Gasteiger partial charge is 0.480 e. The number of carbonyl (C=O) groups is 1. The normalized spacial score (nSPS) is 12.7. The number of hydrogen-bond donors (Lipinski definition) is 1. The molecule has 2 rings (SSSR count). The van der Waals surface area contributed by atoms with Gasteiger partial charge in [0.2, 0.25) is 0 Å². The molecule has 0 saturated carbocycles. The van der Waals surface area contributed by atoms with Gasteiger partial charge in [0.05, 0.1) is 4.90 Å². The smallest absolute Gasteiger partial charge is 0.322 e. The molecule has 2 aromatic carbocycles. The number of carboxylic acids is 1. The lowest BCUT2D eigenvalue weighted by molar-refractivity contribution is -0.136. The van der Waals surface area contributed by atoms with Gasteiger partial charge in [-0.2, -0.15) is 0 Å². The van der Waals surface area contributed by atoms with Crippen LogP contribution in [0.3, 0.4) is 0 Å². The van der Waals surface area contributed by atoms with E-state index in [0.717, 1.165) is 18.4 Å². The molecule has 24 heavy (non-hydrogen) atoms. The van der Waals surface area contributed by atoms with E-state index in [1.807, 2.05) is 37.3 Å². The Bertz CT molecular complexity index is 765. The summed E-state index contributed by atoms with van der Waals surface area (Å²) >= 11 is 0. The maximum absolute atomic E-state index is 12.6. The number of aliphatic carboxylic acids is 1. The molecule has 0 radical (unpaired) electrons. The first-order chi connectivity index (χ1) is 11.4. The molecule has 5 heteroatoms. The van der Waals surface area contributed by atoms with Gasteiger partial charge in [0.25, 0.3) is 0 Å². The Morgan fingerprint density at radius 2 is 1.62 bits per heavy atom. The van der Waals surface area contributed by atoms with Gasteiger partial charge in [-0.3, -0.25) is 4.79 Å². The minimum absolute atomic E-state index is 0.0727. The summed E-state index contributed by atoms with van der Waals surface area (Å²) in [5.41, 5.74) is 2.11. The molecule has 0 saturated heterocycles. The molecule has 0 spiro atoms. The van der Waals surface area contributed by atoms with Gasteiger partial charge >= 0.3 is 5.97 Å². The number of sulfone groups is 1. The lowest BCUT2D eigenvalue weighted by Crippen LogP contribution is -2.30. The Labute approximate surface area is 143 Å². The lowest BCUT2D eigenvalue weighted by atomic mass is 10.1. The Kier molecular flexibility index (Phi) is 6.15. The van der Waals surface area contributed by atoms with Gasteiger partial charge in [0.15, 0.2) is 15.1 Å². The first kappa shape index (κ1) is 18.2. The number of benzene rings is 2. The van der Waals surface area contributed by atoms with E-state index >= 15 is 0 Å². The molecule has 1 unspecified atom stereocenters. The van der Waals surface area contributed by atoms with Gasteiger partial charge in [0.1, 0.15) is 0 Å². The van der Waals surface area contributed by atoms with Crippen LogP contribution in [-0.2, 0) is 21.1 Å². The fourth-order valence-electron chi connectivity index (χ4n) is 2.61. The standard InChI is InChI=1S/C19H22O4S/c1-15-11-13-17(14-12-15)24(22,23)18(19(20)21)10-6-5-9-16-7-3-2-4-8-16/h2-4,7-8,11-14,18H,5-6,9-10H2,1H3,(H,20,21). The van der Waals surface area contributed by atoms with Crippen LogP contribution < -0.4 is 0 Å². The molecular formula is C19H22O4S. The Morgan fingerprint density at radius 1 is 1.00 bits per heavy atom. The fourth-order valence-corrected chi connectivity index (χ4v) is 4.19. The predicted molar refractivity (Wildman–Crippen MR) is 93.8 cm³/mol. The van der Waals surface area contributed by atoms with Crippen molar-refractivity contribution in [3.05, 3.63) is 65.7 Å². The highest BCUT2D eigenvalue weighted by Crippen LogP contribution is 2.21. The van der Waals surface area contributed by atoms with Crippen molar-refractivity contribution in [2.75, 3.05) is 0 Å². The molecule has 1 N–H and O–H groups in total. The van der Waals surface area contributed by atoms with Crippen LogP contribution in [0, 0.1) is 6.92 Å². The fraction of sp³-hybridized carbons (Fsp3) is 0.316. The topological polar surface area (TPSA) is 71.4 Å². The number of hydrogen-bond acceptors (Lipinski definition) is 3. The predicted octanol–water partition coefficient (Wildman–Crippen LogP) is 3.63.